The Hall–Kier alpha value is -2.91. The zero-order valence-electron chi connectivity index (χ0n) is 17.1. The summed E-state index contributed by atoms with van der Waals surface area (Å²) >= 11 is 0. The van der Waals surface area contributed by atoms with E-state index in [1.54, 1.807) is 53.4 Å². The number of amides is 2. The average molecular weight is 443 g/mol. The molecule has 2 atom stereocenters. The van der Waals surface area contributed by atoms with Crippen LogP contribution in [-0.2, 0) is 14.8 Å². The Bertz CT molecular complexity index is 1050. The van der Waals surface area contributed by atoms with E-state index < -0.39 is 21.3 Å². The van der Waals surface area contributed by atoms with Crippen molar-refractivity contribution in [3.8, 4) is 0 Å². The molecule has 0 radical (unpaired) electrons. The molecule has 2 unspecified atom stereocenters. The molecule has 2 aliphatic rings. The van der Waals surface area contributed by atoms with Crippen LogP contribution < -0.4 is 15.4 Å². The summed E-state index contributed by atoms with van der Waals surface area (Å²) < 4.78 is 28.6. The molecule has 4 rings (SSSR count). The van der Waals surface area contributed by atoms with Gasteiger partial charge in [-0.3, -0.25) is 14.3 Å². The fraction of sp³-hybridized carbons (Fsp3) is 0.364. The Balaban J connectivity index is 1.44. The van der Waals surface area contributed by atoms with E-state index in [1.165, 1.54) is 0 Å². The minimum absolute atomic E-state index is 0.0225. The number of para-hydroxylation sites is 2. The van der Waals surface area contributed by atoms with Crippen LogP contribution in [0.2, 0.25) is 0 Å². The number of benzene rings is 2. The lowest BCUT2D eigenvalue weighted by Crippen LogP contribution is -2.42. The Labute approximate surface area is 182 Å². The zero-order chi connectivity index (χ0) is 21.8. The maximum absolute atomic E-state index is 13.0. The SMILES string of the molecule is O=C(Nc1ccccc1NS(=O)(=O)C1CNC(C(=O)N2CCCC2)C1)c1ccccc1. The van der Waals surface area contributed by atoms with Crippen LogP contribution in [0.25, 0.3) is 0 Å². The van der Waals surface area contributed by atoms with Gasteiger partial charge < -0.3 is 15.5 Å². The Morgan fingerprint density at radius 2 is 1.58 bits per heavy atom. The van der Waals surface area contributed by atoms with Crippen LogP contribution >= 0.6 is 0 Å². The van der Waals surface area contributed by atoms with Gasteiger partial charge in [0, 0.05) is 25.2 Å². The molecule has 0 aromatic heterocycles. The number of nitrogens with one attached hydrogen (secondary N) is 3. The monoisotopic (exact) mass is 442 g/mol. The van der Waals surface area contributed by atoms with E-state index in [4.69, 9.17) is 0 Å². The largest absolute Gasteiger partial charge is 0.341 e. The molecule has 0 saturated carbocycles. The highest BCUT2D eigenvalue weighted by Crippen LogP contribution is 2.26. The van der Waals surface area contributed by atoms with Crippen LogP contribution in [0, 0.1) is 0 Å². The van der Waals surface area contributed by atoms with Gasteiger partial charge in [0.15, 0.2) is 0 Å². The normalized spacial score (nSPS) is 21.1. The maximum atomic E-state index is 13.0. The fourth-order valence-corrected chi connectivity index (χ4v) is 5.40. The van der Waals surface area contributed by atoms with Crippen molar-refractivity contribution < 1.29 is 18.0 Å². The average Bonchev–Trinajstić information content (AvgIpc) is 3.48. The Morgan fingerprint density at radius 1 is 0.935 bits per heavy atom. The molecule has 2 aromatic rings. The first-order valence-corrected chi connectivity index (χ1v) is 12.0. The lowest BCUT2D eigenvalue weighted by Gasteiger charge is -2.20. The Kier molecular flexibility index (Phi) is 6.24. The first-order chi connectivity index (χ1) is 14.9. The third kappa shape index (κ3) is 4.88. The van der Waals surface area contributed by atoms with Gasteiger partial charge in [-0.15, -0.1) is 0 Å². The van der Waals surface area contributed by atoms with Crippen molar-refractivity contribution >= 4 is 33.2 Å². The van der Waals surface area contributed by atoms with Crippen molar-refractivity contribution in [2.75, 3.05) is 29.7 Å². The highest BCUT2D eigenvalue weighted by molar-refractivity contribution is 7.93. The minimum atomic E-state index is -3.76. The van der Waals surface area contributed by atoms with Crippen molar-refractivity contribution in [3.05, 3.63) is 60.2 Å². The predicted molar refractivity (Wildman–Crippen MR) is 119 cm³/mol. The molecule has 0 spiro atoms. The van der Waals surface area contributed by atoms with Gasteiger partial charge in [-0.1, -0.05) is 30.3 Å². The summed E-state index contributed by atoms with van der Waals surface area (Å²) in [4.78, 5) is 26.9. The molecular formula is C22H26N4O4S. The molecule has 2 saturated heterocycles. The molecule has 0 aliphatic carbocycles. The molecule has 2 aliphatic heterocycles. The molecule has 164 valence electrons. The summed E-state index contributed by atoms with van der Waals surface area (Å²) in [6, 6.07) is 14.9. The third-order valence-corrected chi connectivity index (χ3v) is 7.45. The first kappa shape index (κ1) is 21.3. The highest BCUT2D eigenvalue weighted by atomic mass is 32.2. The molecule has 2 fully saturated rings. The van der Waals surface area contributed by atoms with E-state index in [0.717, 1.165) is 25.9 Å². The number of anilines is 2. The second-order valence-electron chi connectivity index (χ2n) is 7.86. The number of rotatable bonds is 6. The van der Waals surface area contributed by atoms with Crippen LogP contribution in [0.1, 0.15) is 29.6 Å². The van der Waals surface area contributed by atoms with E-state index in [-0.39, 0.29) is 24.8 Å². The van der Waals surface area contributed by atoms with Gasteiger partial charge in [0.2, 0.25) is 15.9 Å². The van der Waals surface area contributed by atoms with Gasteiger partial charge in [-0.05, 0) is 43.5 Å². The molecule has 8 nitrogen and oxygen atoms in total. The van der Waals surface area contributed by atoms with Gasteiger partial charge in [0.25, 0.3) is 5.91 Å². The van der Waals surface area contributed by atoms with Gasteiger partial charge >= 0.3 is 0 Å². The summed E-state index contributed by atoms with van der Waals surface area (Å²) in [6.07, 6.45) is 2.21. The van der Waals surface area contributed by atoms with Gasteiger partial charge in [0.05, 0.1) is 22.7 Å². The number of likely N-dealkylation sites (tertiary alicyclic amines) is 1. The zero-order valence-corrected chi connectivity index (χ0v) is 17.9. The summed E-state index contributed by atoms with van der Waals surface area (Å²) in [7, 11) is -3.76. The topological polar surface area (TPSA) is 108 Å². The second kappa shape index (κ2) is 9.07. The molecule has 31 heavy (non-hydrogen) atoms. The van der Waals surface area contributed by atoms with Crippen molar-refractivity contribution in [1.82, 2.24) is 10.2 Å². The smallest absolute Gasteiger partial charge is 0.255 e. The lowest BCUT2D eigenvalue weighted by molar-refractivity contribution is -0.131. The van der Waals surface area contributed by atoms with E-state index >= 15 is 0 Å². The first-order valence-electron chi connectivity index (χ1n) is 10.4. The highest BCUT2D eigenvalue weighted by Gasteiger charge is 2.39. The van der Waals surface area contributed by atoms with E-state index in [1.807, 2.05) is 6.07 Å². The van der Waals surface area contributed by atoms with E-state index in [2.05, 4.69) is 15.4 Å². The van der Waals surface area contributed by atoms with Crippen LogP contribution in [0.4, 0.5) is 11.4 Å². The van der Waals surface area contributed by atoms with Crippen LogP contribution in [0.3, 0.4) is 0 Å². The summed E-state index contributed by atoms with van der Waals surface area (Å²) in [5, 5.41) is 5.09. The standard InChI is InChI=1S/C22H26N4O4S/c27-21(16-8-2-1-3-9-16)24-18-10-4-5-11-19(18)25-31(29,30)17-14-20(23-15-17)22(28)26-12-6-7-13-26/h1-5,8-11,17,20,23,25H,6-7,12-15H2,(H,24,27). The van der Waals surface area contributed by atoms with E-state index in [9.17, 15) is 18.0 Å². The number of carbonyl (C=O) groups is 2. The second-order valence-corrected chi connectivity index (χ2v) is 9.82. The number of sulfonamides is 1. The number of carbonyl (C=O) groups excluding carboxylic acids is 2. The van der Waals surface area contributed by atoms with Crippen LogP contribution in [0.5, 0.6) is 0 Å². The van der Waals surface area contributed by atoms with Crippen LogP contribution in [0.15, 0.2) is 54.6 Å². The molecule has 2 aromatic carbocycles. The van der Waals surface area contributed by atoms with Crippen molar-refractivity contribution in [2.45, 2.75) is 30.6 Å². The van der Waals surface area contributed by atoms with Gasteiger partial charge in [-0.25, -0.2) is 8.42 Å². The lowest BCUT2D eigenvalue weighted by atomic mass is 10.2. The number of hydrogen-bond acceptors (Lipinski definition) is 5. The summed E-state index contributed by atoms with van der Waals surface area (Å²) in [5.74, 6) is -0.350. The fourth-order valence-electron chi connectivity index (χ4n) is 3.99. The third-order valence-electron chi connectivity index (χ3n) is 5.71. The summed E-state index contributed by atoms with van der Waals surface area (Å²) in [6.45, 7) is 1.68. The molecule has 9 heteroatoms. The van der Waals surface area contributed by atoms with Gasteiger partial charge in [0.1, 0.15) is 0 Å². The minimum Gasteiger partial charge on any atom is -0.341 e. The molecule has 2 heterocycles. The number of nitrogens with zero attached hydrogens (tertiary/aromatic N) is 1. The quantitative estimate of drug-likeness (QED) is 0.635. The van der Waals surface area contributed by atoms with Crippen LogP contribution in [-0.4, -0.2) is 56.1 Å². The molecule has 0 bridgehead atoms. The molecular weight excluding hydrogens is 416 g/mol. The van der Waals surface area contributed by atoms with E-state index in [0.29, 0.717) is 16.9 Å². The molecule has 2 amide bonds. The maximum Gasteiger partial charge on any atom is 0.255 e. The molecule has 3 N–H and O–H groups in total. The van der Waals surface area contributed by atoms with Crippen molar-refractivity contribution in [3.63, 3.8) is 0 Å². The van der Waals surface area contributed by atoms with Gasteiger partial charge in [-0.2, -0.15) is 0 Å². The van der Waals surface area contributed by atoms with Crippen molar-refractivity contribution in [1.29, 1.82) is 0 Å². The predicted octanol–water partition coefficient (Wildman–Crippen LogP) is 2.03. The Morgan fingerprint density at radius 3 is 2.29 bits per heavy atom. The van der Waals surface area contributed by atoms with Crippen molar-refractivity contribution in [2.24, 2.45) is 0 Å². The number of hydrogen-bond donors (Lipinski definition) is 3. The summed E-state index contributed by atoms with van der Waals surface area (Å²) in [5.41, 5.74) is 1.14.